The van der Waals surface area contributed by atoms with E-state index in [0.717, 1.165) is 0 Å². The topological polar surface area (TPSA) is 79.5 Å². The van der Waals surface area contributed by atoms with E-state index in [0.29, 0.717) is 16.8 Å². The SMILES string of the molecule is O=C(NCC(O)c1ccc(F)cc1)c1ccc2nncn2c1. The van der Waals surface area contributed by atoms with Gasteiger partial charge in [-0.1, -0.05) is 12.1 Å². The third-order valence-corrected chi connectivity index (χ3v) is 3.26. The number of pyridine rings is 1. The normalized spacial score (nSPS) is 12.3. The van der Waals surface area contributed by atoms with Gasteiger partial charge in [-0.2, -0.15) is 0 Å². The van der Waals surface area contributed by atoms with Crippen LogP contribution in [0.3, 0.4) is 0 Å². The summed E-state index contributed by atoms with van der Waals surface area (Å²) in [6.07, 6.45) is 2.21. The first-order valence-electron chi connectivity index (χ1n) is 6.64. The Morgan fingerprint density at radius 2 is 2.05 bits per heavy atom. The molecule has 22 heavy (non-hydrogen) atoms. The third kappa shape index (κ3) is 2.94. The van der Waals surface area contributed by atoms with E-state index in [1.807, 2.05) is 0 Å². The summed E-state index contributed by atoms with van der Waals surface area (Å²) in [6.45, 7) is 0.0324. The lowest BCUT2D eigenvalue weighted by atomic mass is 10.1. The average molecular weight is 300 g/mol. The Morgan fingerprint density at radius 3 is 2.82 bits per heavy atom. The minimum atomic E-state index is -0.900. The summed E-state index contributed by atoms with van der Waals surface area (Å²) in [5, 5.41) is 20.2. The molecule has 1 amide bonds. The fourth-order valence-corrected chi connectivity index (χ4v) is 2.06. The zero-order valence-corrected chi connectivity index (χ0v) is 11.5. The van der Waals surface area contributed by atoms with Crippen molar-refractivity contribution >= 4 is 11.6 Å². The molecule has 0 aliphatic carbocycles. The molecule has 0 spiro atoms. The molecule has 112 valence electrons. The first-order valence-corrected chi connectivity index (χ1v) is 6.64. The number of carbonyl (C=O) groups excluding carboxylic acids is 1. The lowest BCUT2D eigenvalue weighted by Crippen LogP contribution is -2.28. The van der Waals surface area contributed by atoms with E-state index >= 15 is 0 Å². The van der Waals surface area contributed by atoms with Crippen molar-refractivity contribution < 1.29 is 14.3 Å². The molecule has 0 bridgehead atoms. The highest BCUT2D eigenvalue weighted by molar-refractivity contribution is 5.94. The van der Waals surface area contributed by atoms with Crippen molar-refractivity contribution in [2.45, 2.75) is 6.10 Å². The maximum absolute atomic E-state index is 12.8. The Labute approximate surface area is 125 Å². The molecule has 1 aromatic carbocycles. The van der Waals surface area contributed by atoms with Crippen LogP contribution in [0.5, 0.6) is 0 Å². The van der Waals surface area contributed by atoms with E-state index in [2.05, 4.69) is 15.5 Å². The summed E-state index contributed by atoms with van der Waals surface area (Å²) >= 11 is 0. The van der Waals surface area contributed by atoms with Crippen LogP contribution in [0, 0.1) is 5.82 Å². The highest BCUT2D eigenvalue weighted by atomic mass is 19.1. The number of amides is 1. The maximum atomic E-state index is 12.8. The molecule has 1 atom stereocenters. The van der Waals surface area contributed by atoms with Crippen molar-refractivity contribution in [2.75, 3.05) is 6.54 Å². The highest BCUT2D eigenvalue weighted by Crippen LogP contribution is 2.12. The Balaban J connectivity index is 1.65. The van der Waals surface area contributed by atoms with E-state index in [4.69, 9.17) is 0 Å². The summed E-state index contributed by atoms with van der Waals surface area (Å²) in [4.78, 5) is 12.1. The van der Waals surface area contributed by atoms with E-state index in [-0.39, 0.29) is 18.3 Å². The molecule has 0 aliphatic rings. The third-order valence-electron chi connectivity index (χ3n) is 3.26. The Kier molecular flexibility index (Phi) is 3.80. The Morgan fingerprint density at radius 1 is 1.27 bits per heavy atom. The van der Waals surface area contributed by atoms with Crippen LogP contribution in [-0.4, -0.2) is 32.2 Å². The molecule has 0 aliphatic heterocycles. The molecule has 0 saturated heterocycles. The number of halogens is 1. The fourth-order valence-electron chi connectivity index (χ4n) is 2.06. The van der Waals surface area contributed by atoms with Crippen LogP contribution in [0.15, 0.2) is 48.9 Å². The van der Waals surface area contributed by atoms with Gasteiger partial charge in [0.1, 0.15) is 12.1 Å². The van der Waals surface area contributed by atoms with Crippen molar-refractivity contribution in [1.82, 2.24) is 19.9 Å². The standard InChI is InChI=1S/C15H13FN4O2/c16-12-4-1-10(2-5-12)13(21)7-17-15(22)11-3-6-14-19-18-9-20(14)8-11/h1-6,8-9,13,21H,7H2,(H,17,22). The van der Waals surface area contributed by atoms with Crippen LogP contribution >= 0.6 is 0 Å². The first-order chi connectivity index (χ1) is 10.6. The lowest BCUT2D eigenvalue weighted by molar-refractivity contribution is 0.0916. The number of carbonyl (C=O) groups is 1. The van der Waals surface area contributed by atoms with Crippen molar-refractivity contribution in [3.63, 3.8) is 0 Å². The van der Waals surface area contributed by atoms with Gasteiger partial charge in [0.25, 0.3) is 5.91 Å². The number of benzene rings is 1. The minimum Gasteiger partial charge on any atom is -0.387 e. The van der Waals surface area contributed by atoms with Gasteiger partial charge in [0.2, 0.25) is 0 Å². The molecule has 2 heterocycles. The summed E-state index contributed by atoms with van der Waals surface area (Å²) in [5.41, 5.74) is 1.61. The number of hydrogen-bond donors (Lipinski definition) is 2. The second-order valence-corrected chi connectivity index (χ2v) is 4.79. The van der Waals surface area contributed by atoms with E-state index in [9.17, 15) is 14.3 Å². The minimum absolute atomic E-state index is 0.0324. The van der Waals surface area contributed by atoms with Crippen LogP contribution in [0.2, 0.25) is 0 Å². The lowest BCUT2D eigenvalue weighted by Gasteiger charge is -2.12. The highest BCUT2D eigenvalue weighted by Gasteiger charge is 2.11. The van der Waals surface area contributed by atoms with E-state index in [1.54, 1.807) is 22.7 Å². The van der Waals surface area contributed by atoms with Crippen molar-refractivity contribution in [1.29, 1.82) is 0 Å². The predicted octanol–water partition coefficient (Wildman–Crippen LogP) is 1.33. The number of aliphatic hydroxyl groups excluding tert-OH is 1. The van der Waals surface area contributed by atoms with Gasteiger partial charge in [-0.05, 0) is 29.8 Å². The van der Waals surface area contributed by atoms with Crippen LogP contribution < -0.4 is 5.32 Å². The van der Waals surface area contributed by atoms with Gasteiger partial charge in [0.15, 0.2) is 5.65 Å². The average Bonchev–Trinajstić information content (AvgIpc) is 3.00. The van der Waals surface area contributed by atoms with Gasteiger partial charge in [0.05, 0.1) is 11.7 Å². The second-order valence-electron chi connectivity index (χ2n) is 4.79. The number of rotatable bonds is 4. The van der Waals surface area contributed by atoms with Crippen LogP contribution in [0.25, 0.3) is 5.65 Å². The zero-order valence-electron chi connectivity index (χ0n) is 11.5. The Bertz CT molecular complexity index is 801. The largest absolute Gasteiger partial charge is 0.387 e. The van der Waals surface area contributed by atoms with Crippen LogP contribution in [0.1, 0.15) is 22.0 Å². The molecule has 6 nitrogen and oxygen atoms in total. The predicted molar refractivity (Wildman–Crippen MR) is 76.7 cm³/mol. The zero-order chi connectivity index (χ0) is 15.5. The molecular formula is C15H13FN4O2. The summed E-state index contributed by atoms with van der Waals surface area (Å²) < 4.78 is 14.5. The van der Waals surface area contributed by atoms with E-state index in [1.165, 1.54) is 30.6 Å². The summed E-state index contributed by atoms with van der Waals surface area (Å²) in [7, 11) is 0. The molecule has 2 N–H and O–H groups in total. The van der Waals surface area contributed by atoms with Gasteiger partial charge in [-0.3, -0.25) is 9.20 Å². The molecular weight excluding hydrogens is 287 g/mol. The van der Waals surface area contributed by atoms with Crippen molar-refractivity contribution in [3.8, 4) is 0 Å². The number of aliphatic hydroxyl groups is 1. The maximum Gasteiger partial charge on any atom is 0.252 e. The molecule has 3 aromatic rings. The van der Waals surface area contributed by atoms with Crippen LogP contribution in [-0.2, 0) is 0 Å². The summed E-state index contributed by atoms with van der Waals surface area (Å²) in [5.74, 6) is -0.695. The number of nitrogens with one attached hydrogen (secondary N) is 1. The second kappa shape index (κ2) is 5.90. The fraction of sp³-hybridized carbons (Fsp3) is 0.133. The van der Waals surface area contributed by atoms with Gasteiger partial charge in [-0.15, -0.1) is 10.2 Å². The van der Waals surface area contributed by atoms with Gasteiger partial charge < -0.3 is 10.4 Å². The molecule has 1 unspecified atom stereocenters. The summed E-state index contributed by atoms with van der Waals surface area (Å²) in [6, 6.07) is 8.80. The van der Waals surface area contributed by atoms with Gasteiger partial charge >= 0.3 is 0 Å². The first kappa shape index (κ1) is 14.2. The van der Waals surface area contributed by atoms with Gasteiger partial charge in [-0.25, -0.2) is 4.39 Å². The molecule has 0 saturated carbocycles. The molecule has 0 fully saturated rings. The smallest absolute Gasteiger partial charge is 0.252 e. The van der Waals surface area contributed by atoms with Crippen molar-refractivity contribution in [3.05, 3.63) is 65.9 Å². The monoisotopic (exact) mass is 300 g/mol. The van der Waals surface area contributed by atoms with Gasteiger partial charge in [0, 0.05) is 12.7 Å². The molecule has 3 rings (SSSR count). The number of hydrogen-bond acceptors (Lipinski definition) is 4. The quantitative estimate of drug-likeness (QED) is 0.762. The Hall–Kier alpha value is -2.80. The number of aromatic nitrogens is 3. The number of nitrogens with zero attached hydrogens (tertiary/aromatic N) is 3. The molecule has 2 aromatic heterocycles. The number of fused-ring (bicyclic) bond motifs is 1. The van der Waals surface area contributed by atoms with E-state index < -0.39 is 6.10 Å². The molecule has 7 heteroatoms. The molecule has 0 radical (unpaired) electrons. The van der Waals surface area contributed by atoms with Crippen LogP contribution in [0.4, 0.5) is 4.39 Å². The van der Waals surface area contributed by atoms with Crippen molar-refractivity contribution in [2.24, 2.45) is 0 Å².